The zero-order valence-electron chi connectivity index (χ0n) is 15.7. The molecule has 0 aliphatic carbocycles. The van der Waals surface area contributed by atoms with Crippen molar-refractivity contribution in [2.75, 3.05) is 18.1 Å². The number of nitrogens with one attached hydrogen (secondary N) is 1. The minimum atomic E-state index is -0.711. The Hall–Kier alpha value is -3.55. The van der Waals surface area contributed by atoms with Crippen LogP contribution in [0.15, 0.2) is 66.7 Å². The van der Waals surface area contributed by atoms with E-state index >= 15 is 0 Å². The van der Waals surface area contributed by atoms with E-state index in [0.29, 0.717) is 28.5 Å². The second-order valence-electron chi connectivity index (χ2n) is 6.45. The standard InChI is InChI=1S/C22H17ClN2O5/c23-17-13-14(9-10-15(17)21(26)24-28)29-12-11-25-18-6-2-4-8-20(18)30-19-7-3-1-5-16(19)22(25)27/h1-10,13,28H,11-12H2,(H,24,26). The van der Waals surface area contributed by atoms with Crippen LogP contribution in [0.4, 0.5) is 5.69 Å². The van der Waals surface area contributed by atoms with Crippen LogP contribution < -0.4 is 19.9 Å². The molecule has 2 N–H and O–H groups in total. The Bertz CT molecular complexity index is 1120. The number of anilines is 1. The fourth-order valence-electron chi connectivity index (χ4n) is 3.18. The Kier molecular flexibility index (Phi) is 5.56. The highest BCUT2D eigenvalue weighted by molar-refractivity contribution is 6.34. The van der Waals surface area contributed by atoms with Crippen molar-refractivity contribution in [2.24, 2.45) is 0 Å². The lowest BCUT2D eigenvalue weighted by Crippen LogP contribution is -2.34. The van der Waals surface area contributed by atoms with Gasteiger partial charge in [-0.3, -0.25) is 14.8 Å². The predicted octanol–water partition coefficient (Wildman–Crippen LogP) is 4.29. The van der Waals surface area contributed by atoms with Gasteiger partial charge in [0.2, 0.25) is 0 Å². The summed E-state index contributed by atoms with van der Waals surface area (Å²) in [5.41, 5.74) is 2.78. The molecule has 8 heteroatoms. The number of carbonyl (C=O) groups excluding carboxylic acids is 2. The molecule has 0 bridgehead atoms. The second kappa shape index (κ2) is 8.44. The molecular weight excluding hydrogens is 408 g/mol. The van der Waals surface area contributed by atoms with Crippen LogP contribution in [0.3, 0.4) is 0 Å². The number of halogens is 1. The van der Waals surface area contributed by atoms with Gasteiger partial charge >= 0.3 is 0 Å². The number of amides is 2. The molecular formula is C22H17ClN2O5. The summed E-state index contributed by atoms with van der Waals surface area (Å²) in [6.07, 6.45) is 0. The molecule has 0 atom stereocenters. The van der Waals surface area contributed by atoms with Gasteiger partial charge in [0.1, 0.15) is 18.1 Å². The van der Waals surface area contributed by atoms with Gasteiger partial charge in [0.15, 0.2) is 5.75 Å². The highest BCUT2D eigenvalue weighted by atomic mass is 35.5. The molecule has 3 aromatic rings. The quantitative estimate of drug-likeness (QED) is 0.471. The number of para-hydroxylation sites is 3. The molecule has 0 saturated heterocycles. The van der Waals surface area contributed by atoms with E-state index in [1.165, 1.54) is 17.6 Å². The topological polar surface area (TPSA) is 88.1 Å². The molecule has 0 radical (unpaired) electrons. The molecule has 30 heavy (non-hydrogen) atoms. The summed E-state index contributed by atoms with van der Waals surface area (Å²) in [7, 11) is 0. The summed E-state index contributed by atoms with van der Waals surface area (Å²) in [5.74, 6) is 0.618. The normalized spacial score (nSPS) is 12.3. The molecule has 2 amide bonds. The van der Waals surface area contributed by atoms with Crippen molar-refractivity contribution in [1.82, 2.24) is 5.48 Å². The molecule has 1 aliphatic rings. The number of hydrogen-bond donors (Lipinski definition) is 2. The van der Waals surface area contributed by atoms with Crippen LogP contribution in [0, 0.1) is 0 Å². The zero-order valence-corrected chi connectivity index (χ0v) is 16.4. The van der Waals surface area contributed by atoms with Crippen molar-refractivity contribution in [1.29, 1.82) is 0 Å². The van der Waals surface area contributed by atoms with E-state index in [-0.39, 0.29) is 29.6 Å². The Labute approximate surface area is 177 Å². The monoisotopic (exact) mass is 424 g/mol. The Balaban J connectivity index is 1.53. The fourth-order valence-corrected chi connectivity index (χ4v) is 3.44. The van der Waals surface area contributed by atoms with Crippen LogP contribution in [0.25, 0.3) is 0 Å². The number of ether oxygens (including phenoxy) is 2. The van der Waals surface area contributed by atoms with Crippen LogP contribution in [0.2, 0.25) is 5.02 Å². The summed E-state index contributed by atoms with van der Waals surface area (Å²) < 4.78 is 11.7. The summed E-state index contributed by atoms with van der Waals surface area (Å²) in [4.78, 5) is 26.3. The van der Waals surface area contributed by atoms with E-state index in [0.717, 1.165) is 0 Å². The van der Waals surface area contributed by atoms with Crippen LogP contribution in [0.5, 0.6) is 17.2 Å². The number of benzene rings is 3. The number of nitrogens with zero attached hydrogens (tertiary/aromatic N) is 1. The van der Waals surface area contributed by atoms with Crippen LogP contribution in [-0.4, -0.2) is 30.2 Å². The maximum atomic E-state index is 13.1. The average molecular weight is 425 g/mol. The predicted molar refractivity (Wildman–Crippen MR) is 111 cm³/mol. The summed E-state index contributed by atoms with van der Waals surface area (Å²) in [5, 5.41) is 8.86. The van der Waals surface area contributed by atoms with Crippen molar-refractivity contribution in [3.63, 3.8) is 0 Å². The van der Waals surface area contributed by atoms with Gasteiger partial charge in [0.05, 0.1) is 28.4 Å². The minimum Gasteiger partial charge on any atom is -0.492 e. The van der Waals surface area contributed by atoms with E-state index in [4.69, 9.17) is 26.3 Å². The zero-order chi connectivity index (χ0) is 21.1. The van der Waals surface area contributed by atoms with Crippen LogP contribution in [0.1, 0.15) is 20.7 Å². The third-order valence-corrected chi connectivity index (χ3v) is 4.92. The van der Waals surface area contributed by atoms with Gasteiger partial charge in [0.25, 0.3) is 11.8 Å². The smallest absolute Gasteiger partial charge is 0.276 e. The number of fused-ring (bicyclic) bond motifs is 2. The number of hydroxylamine groups is 1. The maximum absolute atomic E-state index is 13.1. The first kappa shape index (κ1) is 19.8. The molecule has 7 nitrogen and oxygen atoms in total. The van der Waals surface area contributed by atoms with Crippen molar-refractivity contribution < 1.29 is 24.3 Å². The van der Waals surface area contributed by atoms with Gasteiger partial charge in [0, 0.05) is 0 Å². The average Bonchev–Trinajstić information content (AvgIpc) is 2.88. The molecule has 0 aromatic heterocycles. The largest absolute Gasteiger partial charge is 0.492 e. The molecule has 4 rings (SSSR count). The van der Waals surface area contributed by atoms with Gasteiger partial charge in [-0.15, -0.1) is 0 Å². The first-order valence-electron chi connectivity index (χ1n) is 9.13. The number of carbonyl (C=O) groups is 2. The number of rotatable bonds is 5. The Morgan fingerprint density at radius 2 is 1.80 bits per heavy atom. The maximum Gasteiger partial charge on any atom is 0.276 e. The van der Waals surface area contributed by atoms with E-state index < -0.39 is 5.91 Å². The molecule has 3 aromatic carbocycles. The Morgan fingerprint density at radius 3 is 2.57 bits per heavy atom. The lowest BCUT2D eigenvalue weighted by molar-refractivity contribution is 0.0706. The minimum absolute atomic E-state index is 0.122. The summed E-state index contributed by atoms with van der Waals surface area (Å²) >= 11 is 6.07. The molecule has 1 heterocycles. The van der Waals surface area contributed by atoms with E-state index in [9.17, 15) is 9.59 Å². The molecule has 0 fully saturated rings. The molecule has 0 spiro atoms. The molecule has 0 unspecified atom stereocenters. The van der Waals surface area contributed by atoms with Gasteiger partial charge in [-0.25, -0.2) is 5.48 Å². The third kappa shape index (κ3) is 3.80. The van der Waals surface area contributed by atoms with Crippen LogP contribution >= 0.6 is 11.6 Å². The highest BCUT2D eigenvalue weighted by Crippen LogP contribution is 2.38. The fraction of sp³-hybridized carbons (Fsp3) is 0.0909. The van der Waals surface area contributed by atoms with E-state index in [1.807, 2.05) is 30.3 Å². The van der Waals surface area contributed by atoms with E-state index in [1.54, 1.807) is 29.2 Å². The SMILES string of the molecule is O=C(NO)c1ccc(OCCN2C(=O)c3ccccc3Oc3ccccc32)cc1Cl. The van der Waals surface area contributed by atoms with Crippen molar-refractivity contribution in [3.05, 3.63) is 82.9 Å². The van der Waals surface area contributed by atoms with Crippen molar-refractivity contribution in [2.45, 2.75) is 0 Å². The number of hydrogen-bond acceptors (Lipinski definition) is 5. The van der Waals surface area contributed by atoms with Gasteiger partial charge in [-0.1, -0.05) is 35.9 Å². The van der Waals surface area contributed by atoms with Gasteiger partial charge in [-0.2, -0.15) is 0 Å². The molecule has 1 aliphatic heterocycles. The summed E-state index contributed by atoms with van der Waals surface area (Å²) in [6.45, 7) is 0.453. The molecule has 152 valence electrons. The van der Waals surface area contributed by atoms with E-state index in [2.05, 4.69) is 0 Å². The van der Waals surface area contributed by atoms with Crippen molar-refractivity contribution in [3.8, 4) is 17.2 Å². The lowest BCUT2D eigenvalue weighted by atomic mass is 10.1. The lowest BCUT2D eigenvalue weighted by Gasteiger charge is -2.22. The third-order valence-electron chi connectivity index (χ3n) is 4.61. The van der Waals surface area contributed by atoms with Gasteiger partial charge < -0.3 is 14.4 Å². The Morgan fingerprint density at radius 1 is 1.07 bits per heavy atom. The molecule has 0 saturated carbocycles. The van der Waals surface area contributed by atoms with Crippen LogP contribution in [-0.2, 0) is 0 Å². The summed E-state index contributed by atoms with van der Waals surface area (Å²) in [6, 6.07) is 18.9. The highest BCUT2D eigenvalue weighted by Gasteiger charge is 2.27. The first-order chi connectivity index (χ1) is 14.6. The van der Waals surface area contributed by atoms with Crippen molar-refractivity contribution >= 4 is 29.1 Å². The first-order valence-corrected chi connectivity index (χ1v) is 9.51. The second-order valence-corrected chi connectivity index (χ2v) is 6.86. The van der Waals surface area contributed by atoms with Gasteiger partial charge in [-0.05, 0) is 42.5 Å².